The number of piperidine rings is 1. The van der Waals surface area contributed by atoms with E-state index in [0.29, 0.717) is 30.6 Å². The van der Waals surface area contributed by atoms with E-state index in [9.17, 15) is 18.0 Å². The molecule has 3 N–H and O–H groups in total. The van der Waals surface area contributed by atoms with E-state index in [1.807, 2.05) is 0 Å². The normalized spacial score (nSPS) is 21.4. The molecular weight excluding hydrogens is 473 g/mol. The van der Waals surface area contributed by atoms with Crippen molar-refractivity contribution in [2.75, 3.05) is 23.3 Å². The van der Waals surface area contributed by atoms with Crippen LogP contribution >= 0.6 is 0 Å². The highest BCUT2D eigenvalue weighted by Crippen LogP contribution is 2.42. The van der Waals surface area contributed by atoms with Crippen LogP contribution in [0.3, 0.4) is 0 Å². The zero-order valence-corrected chi connectivity index (χ0v) is 19.8. The zero-order chi connectivity index (χ0) is 25.1. The first-order valence-electron chi connectivity index (χ1n) is 12.2. The number of carbonyl (C=O) groups is 1. The molecule has 3 aromatic heterocycles. The molecule has 3 aliphatic rings. The molecular formula is C24H27F3N8O. The standard InChI is InChI=1S/C24H27F3N8O/c1-34-13-15(10-31-34)35-8-2-3-16-17(11-28-20(16)21(35)36)19-18(24(25,26)27)12-29-22(33-19)32-14-4-5-23(6-7-23)30-9-14/h10-14,28,30H,2-9H2,1H3,(H,29,32,33). The van der Waals surface area contributed by atoms with Crippen molar-refractivity contribution in [3.05, 3.63) is 41.6 Å². The van der Waals surface area contributed by atoms with Crippen LogP contribution in [0.1, 0.15) is 53.7 Å². The highest BCUT2D eigenvalue weighted by molar-refractivity contribution is 6.07. The van der Waals surface area contributed by atoms with Gasteiger partial charge in [0.25, 0.3) is 5.91 Å². The van der Waals surface area contributed by atoms with Gasteiger partial charge in [0, 0.05) is 55.9 Å². The molecule has 1 aliphatic carbocycles. The fourth-order valence-corrected chi connectivity index (χ4v) is 5.29. The van der Waals surface area contributed by atoms with Crippen molar-refractivity contribution in [1.82, 2.24) is 30.0 Å². The molecule has 5 heterocycles. The van der Waals surface area contributed by atoms with Gasteiger partial charge in [-0.05, 0) is 44.1 Å². The number of nitrogens with zero attached hydrogens (tertiary/aromatic N) is 5. The Labute approximate surface area is 205 Å². The molecule has 2 aliphatic heterocycles. The molecule has 0 bridgehead atoms. The van der Waals surface area contributed by atoms with Crippen LogP contribution in [0.5, 0.6) is 0 Å². The van der Waals surface area contributed by atoms with Crippen molar-refractivity contribution in [3.63, 3.8) is 0 Å². The van der Waals surface area contributed by atoms with Gasteiger partial charge in [-0.2, -0.15) is 18.3 Å². The zero-order valence-electron chi connectivity index (χ0n) is 19.8. The quantitative estimate of drug-likeness (QED) is 0.507. The number of carbonyl (C=O) groups excluding carboxylic acids is 1. The molecule has 3 aromatic rings. The second kappa shape index (κ2) is 8.32. The number of rotatable bonds is 4. The van der Waals surface area contributed by atoms with E-state index < -0.39 is 11.7 Å². The van der Waals surface area contributed by atoms with Crippen molar-refractivity contribution in [1.29, 1.82) is 0 Å². The Morgan fingerprint density at radius 3 is 2.72 bits per heavy atom. The lowest BCUT2D eigenvalue weighted by Crippen LogP contribution is -2.46. The van der Waals surface area contributed by atoms with Gasteiger partial charge in [0.05, 0.1) is 17.6 Å². The molecule has 6 rings (SSSR count). The summed E-state index contributed by atoms with van der Waals surface area (Å²) in [5.74, 6) is -0.145. The number of aryl methyl sites for hydroxylation is 1. The van der Waals surface area contributed by atoms with E-state index in [-0.39, 0.29) is 40.4 Å². The lowest BCUT2D eigenvalue weighted by atomic mass is 9.99. The van der Waals surface area contributed by atoms with Gasteiger partial charge < -0.3 is 20.5 Å². The van der Waals surface area contributed by atoms with E-state index in [1.54, 1.807) is 29.0 Å². The molecule has 2 fully saturated rings. The number of anilines is 2. The Morgan fingerprint density at radius 2 is 2.06 bits per heavy atom. The fourth-order valence-electron chi connectivity index (χ4n) is 5.29. The van der Waals surface area contributed by atoms with Gasteiger partial charge >= 0.3 is 6.18 Å². The molecule has 9 nitrogen and oxygen atoms in total. The number of H-pyrrole nitrogens is 1. The molecule has 36 heavy (non-hydrogen) atoms. The van der Waals surface area contributed by atoms with Crippen LogP contribution in [0.4, 0.5) is 24.8 Å². The summed E-state index contributed by atoms with van der Waals surface area (Å²) in [4.78, 5) is 26.2. The summed E-state index contributed by atoms with van der Waals surface area (Å²) in [7, 11) is 1.76. The Balaban J connectivity index is 1.33. The van der Waals surface area contributed by atoms with Crippen LogP contribution in [0.2, 0.25) is 0 Å². The monoisotopic (exact) mass is 500 g/mol. The minimum Gasteiger partial charge on any atom is -0.356 e. The number of amides is 1. The van der Waals surface area contributed by atoms with Crippen molar-refractivity contribution in [2.45, 2.75) is 56.3 Å². The fraction of sp³-hybridized carbons (Fsp3) is 0.500. The second-order valence-corrected chi connectivity index (χ2v) is 9.98. The molecule has 1 amide bonds. The number of nitrogens with one attached hydrogen (secondary N) is 3. The number of fused-ring (bicyclic) bond motifs is 1. The molecule has 1 unspecified atom stereocenters. The molecule has 1 saturated heterocycles. The van der Waals surface area contributed by atoms with Gasteiger partial charge in [0.15, 0.2) is 0 Å². The molecule has 190 valence electrons. The Kier molecular flexibility index (Phi) is 5.32. The highest BCUT2D eigenvalue weighted by atomic mass is 19.4. The number of hydrogen-bond donors (Lipinski definition) is 3. The third-order valence-electron chi connectivity index (χ3n) is 7.49. The van der Waals surface area contributed by atoms with Gasteiger partial charge in [-0.3, -0.25) is 9.48 Å². The molecule has 12 heteroatoms. The van der Waals surface area contributed by atoms with Gasteiger partial charge in [0.1, 0.15) is 11.3 Å². The van der Waals surface area contributed by atoms with Gasteiger partial charge in [-0.15, -0.1) is 0 Å². The summed E-state index contributed by atoms with van der Waals surface area (Å²) in [5, 5.41) is 10.9. The minimum atomic E-state index is -4.64. The minimum absolute atomic E-state index is 0.0405. The SMILES string of the molecule is Cn1cc(N2CCCc3c(-c4nc(NC5CCC6(CC6)NC5)ncc4C(F)(F)F)c[nH]c3C2=O)cn1. The third kappa shape index (κ3) is 4.12. The van der Waals surface area contributed by atoms with Crippen LogP contribution in [0, 0.1) is 0 Å². The van der Waals surface area contributed by atoms with Crippen LogP contribution < -0.4 is 15.5 Å². The number of alkyl halides is 3. The van der Waals surface area contributed by atoms with Crippen molar-refractivity contribution in [2.24, 2.45) is 7.05 Å². The first-order valence-corrected chi connectivity index (χ1v) is 12.2. The maximum atomic E-state index is 14.0. The van der Waals surface area contributed by atoms with E-state index in [4.69, 9.17) is 0 Å². The predicted molar refractivity (Wildman–Crippen MR) is 127 cm³/mol. The molecule has 1 saturated carbocycles. The van der Waals surface area contributed by atoms with Gasteiger partial charge in [-0.1, -0.05) is 0 Å². The average molecular weight is 501 g/mol. The molecule has 0 aromatic carbocycles. The van der Waals surface area contributed by atoms with Crippen molar-refractivity contribution < 1.29 is 18.0 Å². The number of hydrogen-bond acceptors (Lipinski definition) is 6. The summed E-state index contributed by atoms with van der Waals surface area (Å²) in [6.45, 7) is 1.16. The van der Waals surface area contributed by atoms with Crippen molar-refractivity contribution >= 4 is 17.5 Å². The van der Waals surface area contributed by atoms with Crippen molar-refractivity contribution in [3.8, 4) is 11.3 Å². The lowest BCUT2D eigenvalue weighted by Gasteiger charge is -2.30. The maximum Gasteiger partial charge on any atom is 0.419 e. The van der Waals surface area contributed by atoms with Crippen LogP contribution in [-0.2, 0) is 19.6 Å². The molecule has 1 atom stereocenters. The topological polar surface area (TPSA) is 104 Å². The predicted octanol–water partition coefficient (Wildman–Crippen LogP) is 3.51. The third-order valence-corrected chi connectivity index (χ3v) is 7.49. The molecule has 0 radical (unpaired) electrons. The second-order valence-electron chi connectivity index (χ2n) is 9.98. The van der Waals surface area contributed by atoms with Gasteiger partial charge in [-0.25, -0.2) is 9.97 Å². The summed E-state index contributed by atoms with van der Waals surface area (Å²) < 4.78 is 43.6. The van der Waals surface area contributed by atoms with E-state index >= 15 is 0 Å². The van der Waals surface area contributed by atoms with E-state index in [1.165, 1.54) is 19.0 Å². The van der Waals surface area contributed by atoms with Crippen LogP contribution in [-0.4, -0.2) is 55.3 Å². The van der Waals surface area contributed by atoms with E-state index in [0.717, 1.165) is 25.6 Å². The first kappa shape index (κ1) is 23.0. The summed E-state index contributed by atoms with van der Waals surface area (Å²) in [6, 6.07) is 0.0405. The Morgan fingerprint density at radius 1 is 1.22 bits per heavy atom. The van der Waals surface area contributed by atoms with Gasteiger partial charge in [0.2, 0.25) is 5.95 Å². The van der Waals surface area contributed by atoms with Crippen LogP contribution in [0.15, 0.2) is 24.8 Å². The number of halogens is 3. The summed E-state index contributed by atoms with van der Waals surface area (Å²) in [6.07, 6.45) is 6.30. The summed E-state index contributed by atoms with van der Waals surface area (Å²) in [5.41, 5.74) is 0.865. The first-order chi connectivity index (χ1) is 17.2. The lowest BCUT2D eigenvalue weighted by molar-refractivity contribution is -0.137. The Hall–Kier alpha value is -3.41. The average Bonchev–Trinajstić information content (AvgIpc) is 3.30. The highest BCUT2D eigenvalue weighted by Gasteiger charge is 2.45. The number of aromatic amines is 1. The summed E-state index contributed by atoms with van der Waals surface area (Å²) >= 11 is 0. The van der Waals surface area contributed by atoms with Crippen LogP contribution in [0.25, 0.3) is 11.3 Å². The smallest absolute Gasteiger partial charge is 0.356 e. The maximum absolute atomic E-state index is 14.0. The Bertz CT molecular complexity index is 1300. The number of aromatic nitrogens is 5. The van der Waals surface area contributed by atoms with E-state index in [2.05, 4.69) is 30.7 Å². The largest absolute Gasteiger partial charge is 0.419 e. The molecule has 1 spiro atoms.